The predicted molar refractivity (Wildman–Crippen MR) is 63.1 cm³/mol. The second-order valence-corrected chi connectivity index (χ2v) is 4.19. The highest BCUT2D eigenvalue weighted by Gasteiger charge is 2.03. The molecule has 88 valence electrons. The van der Waals surface area contributed by atoms with E-state index in [0.29, 0.717) is 6.54 Å². The highest BCUT2D eigenvalue weighted by molar-refractivity contribution is 7.09. The van der Waals surface area contributed by atoms with Crippen LogP contribution in [0.25, 0.3) is 0 Å². The fourth-order valence-corrected chi connectivity index (χ4v) is 1.80. The normalized spacial score (nSPS) is 9.81. The summed E-state index contributed by atoms with van der Waals surface area (Å²) in [6, 6.07) is 4.00. The van der Waals surface area contributed by atoms with E-state index in [1.807, 2.05) is 17.5 Å². The Kier molecular flexibility index (Phi) is 5.52. The number of rotatable bonds is 6. The van der Waals surface area contributed by atoms with Crippen molar-refractivity contribution in [1.29, 1.82) is 0 Å². The molecule has 2 amide bonds. The molecule has 0 aliphatic carbocycles. The van der Waals surface area contributed by atoms with Crippen molar-refractivity contribution in [3.8, 4) is 0 Å². The van der Waals surface area contributed by atoms with Gasteiger partial charge in [0.15, 0.2) is 0 Å². The van der Waals surface area contributed by atoms with Gasteiger partial charge in [0.2, 0.25) is 11.8 Å². The Morgan fingerprint density at radius 2 is 2.12 bits per heavy atom. The predicted octanol–water partition coefficient (Wildman–Crippen LogP) is -0.518. The Bertz CT molecular complexity index is 338. The fourth-order valence-electron chi connectivity index (χ4n) is 1.09. The molecule has 1 aromatic rings. The second-order valence-electron chi connectivity index (χ2n) is 3.16. The minimum Gasteiger partial charge on any atom is -0.354 e. The van der Waals surface area contributed by atoms with Crippen LogP contribution in [0.1, 0.15) is 4.88 Å². The van der Waals surface area contributed by atoms with Crippen LogP contribution in [-0.2, 0) is 16.0 Å². The lowest BCUT2D eigenvalue weighted by Crippen LogP contribution is -2.39. The van der Waals surface area contributed by atoms with Crippen molar-refractivity contribution >= 4 is 23.2 Å². The minimum atomic E-state index is -0.326. The molecule has 0 saturated carbocycles. The van der Waals surface area contributed by atoms with Gasteiger partial charge < -0.3 is 16.4 Å². The van der Waals surface area contributed by atoms with Crippen molar-refractivity contribution in [2.24, 2.45) is 5.73 Å². The summed E-state index contributed by atoms with van der Waals surface area (Å²) < 4.78 is 0. The van der Waals surface area contributed by atoms with Crippen LogP contribution in [0.2, 0.25) is 0 Å². The molecular formula is C10H15N3O2S. The number of amides is 2. The van der Waals surface area contributed by atoms with E-state index in [2.05, 4.69) is 10.6 Å². The maximum atomic E-state index is 11.2. The smallest absolute Gasteiger partial charge is 0.239 e. The summed E-state index contributed by atoms with van der Waals surface area (Å²) >= 11 is 1.66. The zero-order chi connectivity index (χ0) is 11.8. The van der Waals surface area contributed by atoms with Crippen molar-refractivity contribution < 1.29 is 9.59 Å². The maximum Gasteiger partial charge on any atom is 0.239 e. The molecule has 0 bridgehead atoms. The van der Waals surface area contributed by atoms with Crippen LogP contribution in [0.4, 0.5) is 0 Å². The monoisotopic (exact) mass is 241 g/mol. The van der Waals surface area contributed by atoms with E-state index >= 15 is 0 Å². The van der Waals surface area contributed by atoms with E-state index in [0.717, 1.165) is 6.42 Å². The lowest BCUT2D eigenvalue weighted by atomic mass is 10.3. The van der Waals surface area contributed by atoms with Crippen LogP contribution in [-0.4, -0.2) is 31.4 Å². The van der Waals surface area contributed by atoms with Gasteiger partial charge in [0.25, 0.3) is 0 Å². The highest BCUT2D eigenvalue weighted by atomic mass is 32.1. The first kappa shape index (κ1) is 12.7. The van der Waals surface area contributed by atoms with Gasteiger partial charge in [-0.1, -0.05) is 6.07 Å². The van der Waals surface area contributed by atoms with Gasteiger partial charge in [0.05, 0.1) is 13.1 Å². The molecule has 0 unspecified atom stereocenters. The Hall–Kier alpha value is -1.40. The number of carbonyl (C=O) groups excluding carboxylic acids is 2. The molecule has 1 heterocycles. The Labute approximate surface area is 98.0 Å². The Morgan fingerprint density at radius 1 is 1.31 bits per heavy atom. The topological polar surface area (TPSA) is 84.2 Å². The van der Waals surface area contributed by atoms with Crippen LogP contribution in [0.15, 0.2) is 17.5 Å². The van der Waals surface area contributed by atoms with E-state index in [4.69, 9.17) is 5.73 Å². The molecule has 0 fully saturated rings. The standard InChI is InChI=1S/C10H15N3O2S/c11-6-9(14)13-7-10(15)12-4-3-8-2-1-5-16-8/h1-2,5H,3-4,6-7,11H2,(H,12,15)(H,13,14). The summed E-state index contributed by atoms with van der Waals surface area (Å²) in [7, 11) is 0. The molecule has 1 aromatic heterocycles. The van der Waals surface area contributed by atoms with Gasteiger partial charge in [-0.05, 0) is 17.9 Å². The quantitative estimate of drug-likeness (QED) is 0.626. The van der Waals surface area contributed by atoms with Crippen molar-refractivity contribution in [3.05, 3.63) is 22.4 Å². The van der Waals surface area contributed by atoms with Crippen LogP contribution in [0, 0.1) is 0 Å². The third-order valence-electron chi connectivity index (χ3n) is 1.91. The van der Waals surface area contributed by atoms with E-state index in [9.17, 15) is 9.59 Å². The number of hydrogen-bond acceptors (Lipinski definition) is 4. The van der Waals surface area contributed by atoms with Crippen molar-refractivity contribution in [2.45, 2.75) is 6.42 Å². The van der Waals surface area contributed by atoms with Crippen LogP contribution in [0.5, 0.6) is 0 Å². The molecule has 16 heavy (non-hydrogen) atoms. The molecule has 0 spiro atoms. The van der Waals surface area contributed by atoms with E-state index in [1.165, 1.54) is 4.88 Å². The largest absolute Gasteiger partial charge is 0.354 e. The lowest BCUT2D eigenvalue weighted by molar-refractivity contribution is -0.125. The summed E-state index contributed by atoms with van der Waals surface area (Å²) in [6.07, 6.45) is 0.814. The van der Waals surface area contributed by atoms with Gasteiger partial charge in [-0.2, -0.15) is 0 Å². The molecule has 5 nitrogen and oxygen atoms in total. The third-order valence-corrected chi connectivity index (χ3v) is 2.84. The van der Waals surface area contributed by atoms with Gasteiger partial charge in [-0.25, -0.2) is 0 Å². The summed E-state index contributed by atoms with van der Waals surface area (Å²) in [5.74, 6) is -0.522. The van der Waals surface area contributed by atoms with E-state index in [1.54, 1.807) is 11.3 Å². The van der Waals surface area contributed by atoms with Gasteiger partial charge in [-0.15, -0.1) is 11.3 Å². The number of nitrogens with two attached hydrogens (primary N) is 1. The molecule has 0 radical (unpaired) electrons. The molecular weight excluding hydrogens is 226 g/mol. The van der Waals surface area contributed by atoms with Gasteiger partial charge in [0, 0.05) is 11.4 Å². The summed E-state index contributed by atoms with van der Waals surface area (Å²) in [5.41, 5.74) is 5.08. The molecule has 0 aliphatic heterocycles. The maximum absolute atomic E-state index is 11.2. The second kappa shape index (κ2) is 6.97. The SMILES string of the molecule is NCC(=O)NCC(=O)NCCc1cccs1. The number of hydrogen-bond donors (Lipinski definition) is 3. The van der Waals surface area contributed by atoms with Crippen molar-refractivity contribution in [2.75, 3.05) is 19.6 Å². The first-order valence-corrected chi connectivity index (χ1v) is 5.86. The van der Waals surface area contributed by atoms with Gasteiger partial charge >= 0.3 is 0 Å². The first-order valence-electron chi connectivity index (χ1n) is 4.98. The number of carbonyl (C=O) groups is 2. The Balaban J connectivity index is 2.09. The van der Waals surface area contributed by atoms with Crippen LogP contribution >= 0.6 is 11.3 Å². The first-order chi connectivity index (χ1) is 7.72. The molecule has 0 atom stereocenters. The van der Waals surface area contributed by atoms with Crippen LogP contribution in [0.3, 0.4) is 0 Å². The van der Waals surface area contributed by atoms with Gasteiger partial charge in [0.1, 0.15) is 0 Å². The molecule has 0 saturated heterocycles. The highest BCUT2D eigenvalue weighted by Crippen LogP contribution is 2.07. The molecule has 0 aliphatic rings. The average Bonchev–Trinajstić information content (AvgIpc) is 2.79. The molecule has 6 heteroatoms. The summed E-state index contributed by atoms with van der Waals surface area (Å²) in [6.45, 7) is 0.473. The third kappa shape index (κ3) is 4.90. The lowest BCUT2D eigenvalue weighted by Gasteiger charge is -2.05. The number of nitrogens with one attached hydrogen (secondary N) is 2. The molecule has 0 aromatic carbocycles. The van der Waals surface area contributed by atoms with Crippen molar-refractivity contribution in [1.82, 2.24) is 10.6 Å². The summed E-state index contributed by atoms with van der Waals surface area (Å²) in [4.78, 5) is 23.2. The minimum absolute atomic E-state index is 0.0134. The fraction of sp³-hybridized carbons (Fsp3) is 0.400. The van der Waals surface area contributed by atoms with E-state index < -0.39 is 0 Å². The molecule has 1 rings (SSSR count). The van der Waals surface area contributed by atoms with Gasteiger partial charge in [-0.3, -0.25) is 9.59 Å². The molecule has 4 N–H and O–H groups in total. The van der Waals surface area contributed by atoms with Crippen LogP contribution < -0.4 is 16.4 Å². The zero-order valence-electron chi connectivity index (χ0n) is 8.86. The van der Waals surface area contributed by atoms with Crippen molar-refractivity contribution in [3.63, 3.8) is 0 Å². The number of thiophene rings is 1. The van der Waals surface area contributed by atoms with E-state index in [-0.39, 0.29) is 24.9 Å². The Morgan fingerprint density at radius 3 is 2.75 bits per heavy atom. The summed E-state index contributed by atoms with van der Waals surface area (Å²) in [5, 5.41) is 7.11. The zero-order valence-corrected chi connectivity index (χ0v) is 9.68. The average molecular weight is 241 g/mol.